The zero-order valence-electron chi connectivity index (χ0n) is 18.7. The first kappa shape index (κ1) is 22.8. The molecular weight excluding hydrogens is 394 g/mol. The zero-order chi connectivity index (χ0) is 22.4. The number of nitrogens with one attached hydrogen (secondary N) is 2. The first-order valence-electron chi connectivity index (χ1n) is 11.0. The predicted molar refractivity (Wildman–Crippen MR) is 120 cm³/mol. The van der Waals surface area contributed by atoms with Crippen LogP contribution in [-0.4, -0.2) is 74.3 Å². The van der Waals surface area contributed by atoms with Gasteiger partial charge in [-0.15, -0.1) is 0 Å². The Balaban J connectivity index is 1.41. The third-order valence-electron chi connectivity index (χ3n) is 6.22. The van der Waals surface area contributed by atoms with Crippen molar-refractivity contribution in [1.82, 2.24) is 20.4 Å². The summed E-state index contributed by atoms with van der Waals surface area (Å²) in [5.74, 6) is 0.421. The highest BCUT2D eigenvalue weighted by molar-refractivity contribution is 6.21. The lowest BCUT2D eigenvalue weighted by molar-refractivity contribution is -0.138. The fourth-order valence-electron chi connectivity index (χ4n) is 4.51. The van der Waals surface area contributed by atoms with Gasteiger partial charge in [0.05, 0.1) is 16.5 Å². The van der Waals surface area contributed by atoms with Gasteiger partial charge >= 0.3 is 0 Å². The molecule has 8 heteroatoms. The lowest BCUT2D eigenvalue weighted by Gasteiger charge is -2.31. The van der Waals surface area contributed by atoms with Gasteiger partial charge < -0.3 is 15.5 Å². The fourth-order valence-corrected chi connectivity index (χ4v) is 4.51. The topological polar surface area (TPSA) is 94.1 Å². The fraction of sp³-hybridized carbons (Fsp3) is 0.565. The van der Waals surface area contributed by atoms with Gasteiger partial charge in [0.1, 0.15) is 0 Å². The molecule has 2 N–H and O–H groups in total. The van der Waals surface area contributed by atoms with Crippen molar-refractivity contribution < 1.29 is 14.4 Å². The number of rotatable bonds is 8. The average molecular weight is 428 g/mol. The smallest absolute Gasteiger partial charge is 0.261 e. The summed E-state index contributed by atoms with van der Waals surface area (Å²) in [7, 11) is 5.33. The summed E-state index contributed by atoms with van der Waals surface area (Å²) < 4.78 is 0. The second-order valence-corrected chi connectivity index (χ2v) is 8.55. The number of amides is 3. The molecule has 0 atom stereocenters. The molecule has 3 rings (SSSR count). The number of nitrogens with zero attached hydrogens (tertiary/aromatic N) is 3. The van der Waals surface area contributed by atoms with Gasteiger partial charge in [-0.3, -0.25) is 24.3 Å². The van der Waals surface area contributed by atoms with E-state index in [4.69, 9.17) is 0 Å². The Morgan fingerprint density at radius 1 is 1.06 bits per heavy atom. The van der Waals surface area contributed by atoms with Crippen LogP contribution < -0.4 is 10.6 Å². The van der Waals surface area contributed by atoms with Gasteiger partial charge in [0.15, 0.2) is 5.96 Å². The Hall–Kier alpha value is -2.90. The number of carbonyl (C=O) groups is 3. The van der Waals surface area contributed by atoms with Crippen LogP contribution in [0.25, 0.3) is 0 Å². The molecule has 1 aliphatic carbocycles. The first-order chi connectivity index (χ1) is 14.9. The van der Waals surface area contributed by atoms with E-state index in [1.807, 2.05) is 14.1 Å². The van der Waals surface area contributed by atoms with E-state index in [2.05, 4.69) is 15.6 Å². The maximum absolute atomic E-state index is 12.7. The second-order valence-electron chi connectivity index (χ2n) is 8.55. The number of guanidine groups is 1. The molecule has 1 aromatic rings. The predicted octanol–water partition coefficient (Wildman–Crippen LogP) is 1.88. The maximum atomic E-state index is 12.7. The molecular formula is C23H33N5O3. The standard InChI is InChI=1S/C23H33N5O3/c1-24-22(26-16-23(12-6-7-13-23)21(31)27(2)3)25-14-8-9-15-28-19(29)17-10-4-5-11-18(17)20(28)30/h4-5,10-11H,6-9,12-16H2,1-3H3,(H2,24,25,26). The maximum Gasteiger partial charge on any atom is 0.261 e. The molecule has 31 heavy (non-hydrogen) atoms. The Morgan fingerprint density at radius 3 is 2.23 bits per heavy atom. The van der Waals surface area contributed by atoms with Crippen molar-refractivity contribution in [2.24, 2.45) is 10.4 Å². The van der Waals surface area contributed by atoms with Crippen LogP contribution in [0.3, 0.4) is 0 Å². The summed E-state index contributed by atoms with van der Waals surface area (Å²) in [4.78, 5) is 44.8. The van der Waals surface area contributed by atoms with Gasteiger partial charge in [0.2, 0.25) is 5.91 Å². The van der Waals surface area contributed by atoms with E-state index in [-0.39, 0.29) is 23.1 Å². The lowest BCUT2D eigenvalue weighted by Crippen LogP contribution is -2.49. The molecule has 0 spiro atoms. The second kappa shape index (κ2) is 9.94. The molecule has 3 amide bonds. The largest absolute Gasteiger partial charge is 0.356 e. The number of fused-ring (bicyclic) bond motifs is 1. The Kier molecular flexibility index (Phi) is 7.30. The number of aliphatic imine (C=N–C) groups is 1. The van der Waals surface area contributed by atoms with Crippen LogP contribution in [0.15, 0.2) is 29.3 Å². The molecule has 0 radical (unpaired) electrons. The molecule has 2 aliphatic rings. The lowest BCUT2D eigenvalue weighted by atomic mass is 9.84. The van der Waals surface area contributed by atoms with Crippen LogP contribution in [-0.2, 0) is 4.79 Å². The zero-order valence-corrected chi connectivity index (χ0v) is 18.7. The van der Waals surface area contributed by atoms with Crippen molar-refractivity contribution >= 4 is 23.7 Å². The minimum Gasteiger partial charge on any atom is -0.356 e. The van der Waals surface area contributed by atoms with Crippen LogP contribution in [0.1, 0.15) is 59.2 Å². The van der Waals surface area contributed by atoms with Gasteiger partial charge in [-0.1, -0.05) is 25.0 Å². The summed E-state index contributed by atoms with van der Waals surface area (Å²) in [6.07, 6.45) is 5.44. The van der Waals surface area contributed by atoms with E-state index in [0.717, 1.165) is 32.1 Å². The number of benzene rings is 1. The highest BCUT2D eigenvalue weighted by Crippen LogP contribution is 2.38. The van der Waals surface area contributed by atoms with Crippen LogP contribution in [0.2, 0.25) is 0 Å². The van der Waals surface area contributed by atoms with Crippen molar-refractivity contribution in [1.29, 1.82) is 0 Å². The SMILES string of the molecule is CN=C(NCCCCN1C(=O)c2ccccc2C1=O)NCC1(C(=O)N(C)C)CCCC1. The number of unbranched alkanes of at least 4 members (excludes halogenated alkanes) is 1. The normalized spacial score (nSPS) is 17.6. The first-order valence-corrected chi connectivity index (χ1v) is 11.0. The number of imide groups is 1. The summed E-state index contributed by atoms with van der Waals surface area (Å²) in [6, 6.07) is 6.95. The van der Waals surface area contributed by atoms with E-state index >= 15 is 0 Å². The van der Waals surface area contributed by atoms with Crippen LogP contribution >= 0.6 is 0 Å². The van der Waals surface area contributed by atoms with E-state index < -0.39 is 0 Å². The third kappa shape index (κ3) is 4.89. The van der Waals surface area contributed by atoms with Gasteiger partial charge in [0, 0.05) is 40.8 Å². The minimum atomic E-state index is -0.355. The molecule has 1 fully saturated rings. The summed E-state index contributed by atoms with van der Waals surface area (Å²) in [6.45, 7) is 1.64. The molecule has 0 bridgehead atoms. The average Bonchev–Trinajstić information content (AvgIpc) is 3.35. The van der Waals surface area contributed by atoms with E-state index in [1.165, 1.54) is 4.90 Å². The van der Waals surface area contributed by atoms with Gasteiger partial charge in [0.25, 0.3) is 11.8 Å². The van der Waals surface area contributed by atoms with Gasteiger partial charge in [-0.2, -0.15) is 0 Å². The highest BCUT2D eigenvalue weighted by atomic mass is 16.2. The number of hydrogen-bond donors (Lipinski definition) is 2. The summed E-state index contributed by atoms with van der Waals surface area (Å²) >= 11 is 0. The van der Waals surface area contributed by atoms with E-state index in [9.17, 15) is 14.4 Å². The molecule has 1 aliphatic heterocycles. The van der Waals surface area contributed by atoms with Gasteiger partial charge in [-0.25, -0.2) is 0 Å². The molecule has 168 valence electrons. The Labute approximate surface area is 184 Å². The quantitative estimate of drug-likeness (QED) is 0.286. The monoisotopic (exact) mass is 427 g/mol. The molecule has 1 saturated carbocycles. The molecule has 1 heterocycles. The Morgan fingerprint density at radius 2 is 1.68 bits per heavy atom. The van der Waals surface area contributed by atoms with E-state index in [1.54, 1.807) is 36.2 Å². The van der Waals surface area contributed by atoms with E-state index in [0.29, 0.717) is 43.1 Å². The molecule has 0 saturated heterocycles. The number of hydrogen-bond acceptors (Lipinski definition) is 4. The molecule has 8 nitrogen and oxygen atoms in total. The van der Waals surface area contributed by atoms with Crippen molar-refractivity contribution in [2.45, 2.75) is 38.5 Å². The summed E-state index contributed by atoms with van der Waals surface area (Å²) in [5.41, 5.74) is 0.624. The summed E-state index contributed by atoms with van der Waals surface area (Å²) in [5, 5.41) is 6.59. The third-order valence-corrected chi connectivity index (χ3v) is 6.22. The van der Waals surface area contributed by atoms with Crippen molar-refractivity contribution in [3.8, 4) is 0 Å². The van der Waals surface area contributed by atoms with Crippen molar-refractivity contribution in [3.05, 3.63) is 35.4 Å². The van der Waals surface area contributed by atoms with Crippen molar-refractivity contribution in [2.75, 3.05) is 40.8 Å². The molecule has 0 unspecified atom stereocenters. The van der Waals surface area contributed by atoms with Gasteiger partial charge in [-0.05, 0) is 37.8 Å². The minimum absolute atomic E-state index is 0.175. The Bertz CT molecular complexity index is 824. The van der Waals surface area contributed by atoms with Crippen LogP contribution in [0, 0.1) is 5.41 Å². The van der Waals surface area contributed by atoms with Crippen molar-refractivity contribution in [3.63, 3.8) is 0 Å². The molecule has 0 aromatic heterocycles. The number of carbonyl (C=O) groups excluding carboxylic acids is 3. The highest BCUT2D eigenvalue weighted by Gasteiger charge is 2.42. The van der Waals surface area contributed by atoms with Crippen LogP contribution in [0.5, 0.6) is 0 Å². The molecule has 1 aromatic carbocycles. The van der Waals surface area contributed by atoms with Crippen LogP contribution in [0.4, 0.5) is 0 Å².